The first-order valence-corrected chi connectivity index (χ1v) is 8.28. The number of nitrogens with zero attached hydrogens (tertiary/aromatic N) is 2. The fourth-order valence-corrected chi connectivity index (χ4v) is 3.26. The van der Waals surface area contributed by atoms with Gasteiger partial charge >= 0.3 is 0 Å². The Bertz CT molecular complexity index is 455. The molecule has 3 heteroatoms. The van der Waals surface area contributed by atoms with E-state index in [0.29, 0.717) is 0 Å². The third-order valence-electron chi connectivity index (χ3n) is 2.36. The fraction of sp³-hybridized carbons (Fsp3) is 0.273. The summed E-state index contributed by atoms with van der Waals surface area (Å²) in [5, 5.41) is 2.66. The van der Waals surface area contributed by atoms with Gasteiger partial charge in [0.25, 0.3) is 0 Å². The van der Waals surface area contributed by atoms with E-state index in [1.807, 2.05) is 12.3 Å². The number of rotatable bonds is 1. The topological polar surface area (TPSA) is 25.8 Å². The molecule has 0 fully saturated rings. The minimum absolute atomic E-state index is 1.06. The van der Waals surface area contributed by atoms with Gasteiger partial charge in [-0.3, -0.25) is 0 Å². The van der Waals surface area contributed by atoms with Crippen molar-refractivity contribution in [3.05, 3.63) is 30.7 Å². The average molecular weight is 202 g/mol. The van der Waals surface area contributed by atoms with E-state index in [9.17, 15) is 0 Å². The average Bonchev–Trinajstić information content (AvgIpc) is 2.15. The van der Waals surface area contributed by atoms with Gasteiger partial charge in [0.2, 0.25) is 0 Å². The molecule has 0 saturated heterocycles. The maximum absolute atomic E-state index is 4.27. The molecule has 0 amide bonds. The van der Waals surface area contributed by atoms with E-state index < -0.39 is 8.07 Å². The van der Waals surface area contributed by atoms with Gasteiger partial charge in [-0.15, -0.1) is 0 Å². The zero-order valence-electron chi connectivity index (χ0n) is 8.78. The molecule has 1 heterocycles. The Kier molecular flexibility index (Phi) is 2.11. The molecule has 1 aromatic carbocycles. The molecule has 0 bridgehead atoms. The van der Waals surface area contributed by atoms with Crippen LogP contribution in [0.2, 0.25) is 19.6 Å². The van der Waals surface area contributed by atoms with Crippen LogP contribution < -0.4 is 5.19 Å². The molecular formula is C11H14N2Si. The summed E-state index contributed by atoms with van der Waals surface area (Å²) in [6.45, 7) is 7.03. The van der Waals surface area contributed by atoms with E-state index in [0.717, 1.165) is 5.52 Å². The minimum Gasteiger partial charge on any atom is -0.244 e. The van der Waals surface area contributed by atoms with Crippen LogP contribution in [0.3, 0.4) is 0 Å². The Morgan fingerprint density at radius 3 is 2.64 bits per heavy atom. The third-order valence-corrected chi connectivity index (χ3v) is 4.41. The first-order valence-electron chi connectivity index (χ1n) is 4.78. The number of hydrogen-bond acceptors (Lipinski definition) is 2. The predicted molar refractivity (Wildman–Crippen MR) is 62.5 cm³/mol. The van der Waals surface area contributed by atoms with Gasteiger partial charge in [-0.1, -0.05) is 31.8 Å². The summed E-state index contributed by atoms with van der Waals surface area (Å²) in [4.78, 5) is 8.36. The lowest BCUT2D eigenvalue weighted by atomic mass is 10.2. The molecule has 0 saturated carbocycles. The first kappa shape index (κ1) is 9.34. The van der Waals surface area contributed by atoms with Crippen molar-refractivity contribution in [3.8, 4) is 0 Å². The van der Waals surface area contributed by atoms with Gasteiger partial charge in [0.15, 0.2) is 0 Å². The van der Waals surface area contributed by atoms with E-state index in [1.54, 1.807) is 6.33 Å². The molecule has 0 atom stereocenters. The third kappa shape index (κ3) is 1.55. The highest BCUT2D eigenvalue weighted by Gasteiger charge is 2.18. The summed E-state index contributed by atoms with van der Waals surface area (Å²) in [6.07, 6.45) is 3.53. The van der Waals surface area contributed by atoms with Gasteiger partial charge in [0.1, 0.15) is 6.33 Å². The SMILES string of the molecule is C[Si](C)(C)c1cccc2ncncc12. The molecule has 0 aliphatic carbocycles. The van der Waals surface area contributed by atoms with Crippen LogP contribution in [0, 0.1) is 0 Å². The highest BCUT2D eigenvalue weighted by molar-refractivity contribution is 6.90. The van der Waals surface area contributed by atoms with Crippen molar-refractivity contribution in [2.75, 3.05) is 0 Å². The lowest BCUT2D eigenvalue weighted by molar-refractivity contribution is 1.22. The van der Waals surface area contributed by atoms with Crippen LogP contribution in [0.15, 0.2) is 30.7 Å². The lowest BCUT2D eigenvalue weighted by Crippen LogP contribution is -2.38. The van der Waals surface area contributed by atoms with Gasteiger partial charge in [0.05, 0.1) is 13.6 Å². The molecule has 0 aliphatic heterocycles. The van der Waals surface area contributed by atoms with Crippen molar-refractivity contribution >= 4 is 24.2 Å². The van der Waals surface area contributed by atoms with Crippen LogP contribution in [-0.4, -0.2) is 18.0 Å². The van der Waals surface area contributed by atoms with E-state index in [-0.39, 0.29) is 0 Å². The largest absolute Gasteiger partial charge is 0.244 e. The Balaban J connectivity index is 2.78. The monoisotopic (exact) mass is 202 g/mol. The summed E-state index contributed by atoms with van der Waals surface area (Å²) in [5.41, 5.74) is 1.06. The van der Waals surface area contributed by atoms with Crippen LogP contribution in [0.25, 0.3) is 10.9 Å². The second-order valence-corrected chi connectivity index (χ2v) is 9.55. The van der Waals surface area contributed by atoms with Gasteiger partial charge in [-0.25, -0.2) is 9.97 Å². The summed E-state index contributed by atoms with van der Waals surface area (Å²) >= 11 is 0. The summed E-state index contributed by atoms with van der Waals surface area (Å²) in [6, 6.07) is 6.33. The second-order valence-electron chi connectivity index (χ2n) is 4.51. The Morgan fingerprint density at radius 1 is 1.14 bits per heavy atom. The highest BCUT2D eigenvalue weighted by Crippen LogP contribution is 2.12. The molecule has 0 N–H and O–H groups in total. The first-order chi connectivity index (χ1) is 6.59. The fourth-order valence-electron chi connectivity index (χ4n) is 1.66. The molecule has 0 radical (unpaired) electrons. The van der Waals surface area contributed by atoms with Crippen LogP contribution in [-0.2, 0) is 0 Å². The zero-order chi connectivity index (χ0) is 10.2. The molecule has 72 valence electrons. The van der Waals surface area contributed by atoms with Crippen molar-refractivity contribution in [3.63, 3.8) is 0 Å². The highest BCUT2D eigenvalue weighted by atomic mass is 28.3. The predicted octanol–water partition coefficient (Wildman–Crippen LogP) is 2.17. The Hall–Kier alpha value is -1.22. The molecule has 0 unspecified atom stereocenters. The van der Waals surface area contributed by atoms with Crippen LogP contribution >= 0.6 is 0 Å². The molecule has 2 aromatic rings. The van der Waals surface area contributed by atoms with E-state index in [4.69, 9.17) is 0 Å². The molecule has 14 heavy (non-hydrogen) atoms. The maximum Gasteiger partial charge on any atom is 0.116 e. The second kappa shape index (κ2) is 3.17. The van der Waals surface area contributed by atoms with Crippen molar-refractivity contribution in [2.24, 2.45) is 0 Å². The van der Waals surface area contributed by atoms with Crippen molar-refractivity contribution < 1.29 is 0 Å². The normalized spacial score (nSPS) is 11.9. The van der Waals surface area contributed by atoms with Crippen molar-refractivity contribution in [1.29, 1.82) is 0 Å². The Morgan fingerprint density at radius 2 is 1.93 bits per heavy atom. The number of benzene rings is 1. The molecule has 2 nitrogen and oxygen atoms in total. The van der Waals surface area contributed by atoms with Gasteiger partial charge in [0, 0.05) is 11.6 Å². The molecule has 0 aliphatic rings. The van der Waals surface area contributed by atoms with Gasteiger partial charge in [-0.05, 0) is 11.3 Å². The number of fused-ring (bicyclic) bond motifs is 1. The van der Waals surface area contributed by atoms with Crippen LogP contribution in [0.5, 0.6) is 0 Å². The molecule has 1 aromatic heterocycles. The summed E-state index contributed by atoms with van der Waals surface area (Å²) < 4.78 is 0. The molecule has 0 spiro atoms. The number of aromatic nitrogens is 2. The Labute approximate surface area is 85.0 Å². The van der Waals surface area contributed by atoms with Crippen molar-refractivity contribution in [2.45, 2.75) is 19.6 Å². The lowest BCUT2D eigenvalue weighted by Gasteiger charge is -2.18. The van der Waals surface area contributed by atoms with E-state index in [2.05, 4.69) is 41.7 Å². The number of hydrogen-bond donors (Lipinski definition) is 0. The smallest absolute Gasteiger partial charge is 0.116 e. The van der Waals surface area contributed by atoms with E-state index >= 15 is 0 Å². The maximum atomic E-state index is 4.27. The van der Waals surface area contributed by atoms with Crippen LogP contribution in [0.4, 0.5) is 0 Å². The van der Waals surface area contributed by atoms with Gasteiger partial charge < -0.3 is 0 Å². The molecule has 2 rings (SSSR count). The zero-order valence-corrected chi connectivity index (χ0v) is 9.78. The molecular weight excluding hydrogens is 188 g/mol. The summed E-state index contributed by atoms with van der Waals surface area (Å²) in [5.74, 6) is 0. The van der Waals surface area contributed by atoms with E-state index in [1.165, 1.54) is 10.6 Å². The quantitative estimate of drug-likeness (QED) is 0.662. The standard InChI is InChI=1S/C11H14N2Si/c1-14(2,3)11-6-4-5-10-9(11)7-12-8-13-10/h4-8H,1-3H3. The summed E-state index contributed by atoms with van der Waals surface area (Å²) in [7, 11) is -1.28. The minimum atomic E-state index is -1.28. The van der Waals surface area contributed by atoms with Gasteiger partial charge in [-0.2, -0.15) is 0 Å². The van der Waals surface area contributed by atoms with Crippen LogP contribution in [0.1, 0.15) is 0 Å². The van der Waals surface area contributed by atoms with Crippen molar-refractivity contribution in [1.82, 2.24) is 9.97 Å².